The molecule has 3 amide bonds. The zero-order valence-corrected chi connectivity index (χ0v) is 13.9. The summed E-state index contributed by atoms with van der Waals surface area (Å²) >= 11 is 0. The molecule has 0 aromatic heterocycles. The van der Waals surface area contributed by atoms with Crippen LogP contribution in [-0.2, 0) is 20.9 Å². The second-order valence-electron chi connectivity index (χ2n) is 5.72. The molecule has 1 heterocycles. The van der Waals surface area contributed by atoms with Crippen molar-refractivity contribution < 1.29 is 14.4 Å². The molecular weight excluding hydrogens is 318 g/mol. The third-order valence-corrected chi connectivity index (χ3v) is 4.15. The van der Waals surface area contributed by atoms with Crippen LogP contribution >= 0.6 is 0 Å². The van der Waals surface area contributed by atoms with E-state index in [9.17, 15) is 14.4 Å². The second-order valence-corrected chi connectivity index (χ2v) is 5.72. The van der Waals surface area contributed by atoms with Crippen LogP contribution in [0, 0.1) is 0 Å². The molecule has 6 nitrogen and oxygen atoms in total. The minimum atomic E-state index is -0.828. The number of nitrogens with zero attached hydrogens (tertiary/aromatic N) is 1. The maximum absolute atomic E-state index is 12.5. The number of anilines is 1. The first kappa shape index (κ1) is 16.7. The van der Waals surface area contributed by atoms with Gasteiger partial charge in [-0.05, 0) is 18.6 Å². The maximum Gasteiger partial charge on any atom is 0.310 e. The fourth-order valence-electron chi connectivity index (χ4n) is 2.91. The molecule has 1 aliphatic rings. The Kier molecular flexibility index (Phi) is 4.79. The molecule has 128 valence electrons. The number of carbonyl (C=O) groups is 3. The number of para-hydroxylation sites is 1. The fraction of sp³-hybridized carbons (Fsp3) is 0.211. The molecule has 0 aliphatic carbocycles. The van der Waals surface area contributed by atoms with E-state index in [2.05, 4.69) is 10.6 Å². The Hall–Kier alpha value is -3.15. The molecule has 0 saturated carbocycles. The van der Waals surface area contributed by atoms with Crippen LogP contribution in [-0.4, -0.2) is 24.3 Å². The van der Waals surface area contributed by atoms with Gasteiger partial charge in [0.05, 0.1) is 0 Å². The third-order valence-electron chi connectivity index (χ3n) is 4.15. The lowest BCUT2D eigenvalue weighted by atomic mass is 10.1. The highest BCUT2D eigenvalue weighted by Gasteiger charge is 2.37. The molecular formula is C19H19N3O3. The Morgan fingerprint density at radius 3 is 2.40 bits per heavy atom. The molecule has 1 unspecified atom stereocenters. The highest BCUT2D eigenvalue weighted by molar-refractivity contribution is 6.35. The summed E-state index contributed by atoms with van der Waals surface area (Å²) in [4.78, 5) is 38.3. The Bertz CT molecular complexity index is 805. The molecule has 0 saturated heterocycles. The maximum atomic E-state index is 12.5. The van der Waals surface area contributed by atoms with E-state index in [-0.39, 0.29) is 12.5 Å². The summed E-state index contributed by atoms with van der Waals surface area (Å²) in [6.45, 7) is 2.62. The number of hydrogen-bond acceptors (Lipinski definition) is 3. The van der Waals surface area contributed by atoms with Crippen LogP contribution in [0.1, 0.15) is 24.1 Å². The topological polar surface area (TPSA) is 78.5 Å². The Morgan fingerprint density at radius 1 is 1.00 bits per heavy atom. The normalized spacial score (nSPS) is 15.6. The highest BCUT2D eigenvalue weighted by atomic mass is 16.2. The van der Waals surface area contributed by atoms with Crippen LogP contribution in [0.25, 0.3) is 0 Å². The van der Waals surface area contributed by atoms with E-state index < -0.39 is 17.9 Å². The van der Waals surface area contributed by atoms with Gasteiger partial charge in [0, 0.05) is 24.3 Å². The summed E-state index contributed by atoms with van der Waals surface area (Å²) in [7, 11) is 0. The van der Waals surface area contributed by atoms with Gasteiger partial charge in [0.2, 0.25) is 0 Å². The summed E-state index contributed by atoms with van der Waals surface area (Å²) in [6.07, 6.45) is 0. The van der Waals surface area contributed by atoms with E-state index in [1.165, 1.54) is 0 Å². The number of nitrogens with one attached hydrogen (secondary N) is 2. The third kappa shape index (κ3) is 3.38. The van der Waals surface area contributed by atoms with Crippen LogP contribution in [0.5, 0.6) is 0 Å². The number of rotatable bonds is 4. The molecule has 0 fully saturated rings. The summed E-state index contributed by atoms with van der Waals surface area (Å²) in [5, 5.41) is 5.10. The van der Waals surface area contributed by atoms with Crippen LogP contribution in [0.3, 0.4) is 0 Å². The summed E-state index contributed by atoms with van der Waals surface area (Å²) in [5.41, 5.74) is 2.37. The number of hydrogen-bond donors (Lipinski definition) is 2. The van der Waals surface area contributed by atoms with Gasteiger partial charge in [0.1, 0.15) is 6.04 Å². The molecule has 0 bridgehead atoms. The first-order valence-corrected chi connectivity index (χ1v) is 8.14. The minimum absolute atomic E-state index is 0.229. The van der Waals surface area contributed by atoms with Gasteiger partial charge in [-0.1, -0.05) is 48.5 Å². The van der Waals surface area contributed by atoms with E-state index in [1.54, 1.807) is 17.0 Å². The lowest BCUT2D eigenvalue weighted by Crippen LogP contribution is -2.44. The molecule has 1 aliphatic heterocycles. The van der Waals surface area contributed by atoms with Crippen molar-refractivity contribution in [2.24, 2.45) is 0 Å². The quantitative estimate of drug-likeness (QED) is 0.831. The Balaban J connectivity index is 1.66. The molecule has 2 aromatic carbocycles. The molecule has 1 atom stereocenters. The molecule has 6 heteroatoms. The molecule has 0 radical (unpaired) electrons. The number of likely N-dealkylation sites (N-methyl/N-ethyl adjacent to an activating group) is 1. The van der Waals surface area contributed by atoms with Crippen molar-refractivity contribution in [2.75, 3.05) is 11.4 Å². The molecule has 3 rings (SSSR count). The Morgan fingerprint density at radius 2 is 1.68 bits per heavy atom. The van der Waals surface area contributed by atoms with E-state index in [0.29, 0.717) is 12.1 Å². The SMILES string of the molecule is CCN1C(=O)C(NC(=O)C(=O)NCc2ccccc2)c2ccccc21. The molecule has 0 spiro atoms. The Labute approximate surface area is 145 Å². The lowest BCUT2D eigenvalue weighted by molar-refractivity contribution is -0.140. The minimum Gasteiger partial charge on any atom is -0.344 e. The average Bonchev–Trinajstić information content (AvgIpc) is 2.91. The zero-order chi connectivity index (χ0) is 17.8. The number of fused-ring (bicyclic) bond motifs is 1. The van der Waals surface area contributed by atoms with Crippen molar-refractivity contribution >= 4 is 23.4 Å². The van der Waals surface area contributed by atoms with Crippen LogP contribution in [0.4, 0.5) is 5.69 Å². The number of amides is 3. The van der Waals surface area contributed by atoms with Gasteiger partial charge in [-0.2, -0.15) is 0 Å². The molecule has 2 aromatic rings. The second kappa shape index (κ2) is 7.17. The predicted molar refractivity (Wildman–Crippen MR) is 93.6 cm³/mol. The van der Waals surface area contributed by atoms with Crippen molar-refractivity contribution in [2.45, 2.75) is 19.5 Å². The van der Waals surface area contributed by atoms with Crippen LogP contribution in [0.15, 0.2) is 54.6 Å². The smallest absolute Gasteiger partial charge is 0.310 e. The average molecular weight is 337 g/mol. The van der Waals surface area contributed by atoms with Gasteiger partial charge < -0.3 is 15.5 Å². The van der Waals surface area contributed by atoms with E-state index in [1.807, 2.05) is 49.4 Å². The van der Waals surface area contributed by atoms with Crippen LogP contribution < -0.4 is 15.5 Å². The van der Waals surface area contributed by atoms with Gasteiger partial charge in [-0.25, -0.2) is 0 Å². The first-order chi connectivity index (χ1) is 12.1. The van der Waals surface area contributed by atoms with E-state index >= 15 is 0 Å². The van der Waals surface area contributed by atoms with Gasteiger partial charge in [0.25, 0.3) is 5.91 Å². The fourth-order valence-corrected chi connectivity index (χ4v) is 2.91. The van der Waals surface area contributed by atoms with Crippen molar-refractivity contribution in [3.8, 4) is 0 Å². The molecule has 2 N–H and O–H groups in total. The monoisotopic (exact) mass is 337 g/mol. The lowest BCUT2D eigenvalue weighted by Gasteiger charge is -2.15. The standard InChI is InChI=1S/C19H19N3O3/c1-2-22-15-11-7-6-10-14(15)16(19(22)25)21-18(24)17(23)20-12-13-8-4-3-5-9-13/h3-11,16H,2,12H2,1H3,(H,20,23)(H,21,24). The number of carbonyl (C=O) groups excluding carboxylic acids is 3. The van der Waals surface area contributed by atoms with E-state index in [0.717, 1.165) is 11.3 Å². The van der Waals surface area contributed by atoms with Crippen molar-refractivity contribution in [1.82, 2.24) is 10.6 Å². The van der Waals surface area contributed by atoms with Gasteiger partial charge in [-0.3, -0.25) is 14.4 Å². The first-order valence-electron chi connectivity index (χ1n) is 8.14. The summed E-state index contributed by atoms with van der Waals surface area (Å²) < 4.78 is 0. The summed E-state index contributed by atoms with van der Waals surface area (Å²) in [5.74, 6) is -1.81. The molecule has 25 heavy (non-hydrogen) atoms. The van der Waals surface area contributed by atoms with Crippen molar-refractivity contribution in [1.29, 1.82) is 0 Å². The highest BCUT2D eigenvalue weighted by Crippen LogP contribution is 2.35. The summed E-state index contributed by atoms with van der Waals surface area (Å²) in [6, 6.07) is 15.7. The van der Waals surface area contributed by atoms with Gasteiger partial charge in [0.15, 0.2) is 0 Å². The number of benzene rings is 2. The van der Waals surface area contributed by atoms with Crippen molar-refractivity contribution in [3.05, 3.63) is 65.7 Å². The largest absolute Gasteiger partial charge is 0.344 e. The van der Waals surface area contributed by atoms with Crippen LogP contribution in [0.2, 0.25) is 0 Å². The zero-order valence-electron chi connectivity index (χ0n) is 13.9. The van der Waals surface area contributed by atoms with E-state index in [4.69, 9.17) is 0 Å². The van der Waals surface area contributed by atoms with Crippen molar-refractivity contribution in [3.63, 3.8) is 0 Å². The van der Waals surface area contributed by atoms with Gasteiger partial charge >= 0.3 is 11.8 Å². The van der Waals surface area contributed by atoms with Gasteiger partial charge in [-0.15, -0.1) is 0 Å². The predicted octanol–water partition coefficient (Wildman–Crippen LogP) is 1.53.